The first-order chi connectivity index (χ1) is 6.79. The zero-order valence-electron chi connectivity index (χ0n) is 9.76. The van der Waals surface area contributed by atoms with Gasteiger partial charge in [0.25, 0.3) is 0 Å². The Balaban J connectivity index is 2.16. The average Bonchev–Trinajstić information content (AvgIpc) is 2.55. The van der Waals surface area contributed by atoms with Crippen LogP contribution in [0.2, 0.25) is 0 Å². The summed E-state index contributed by atoms with van der Waals surface area (Å²) in [4.78, 5) is 0. The maximum absolute atomic E-state index is 3.74. The van der Waals surface area contributed by atoms with E-state index in [1.165, 1.54) is 25.7 Å². The standard InChI is InChI=1S/C13H25N/c1-4-6-7-10-14-13-9-8-12(5-2)11(13)3/h4,11-14H,1,5-10H2,2-3H3. The highest BCUT2D eigenvalue weighted by Crippen LogP contribution is 2.33. The zero-order chi connectivity index (χ0) is 10.4. The lowest BCUT2D eigenvalue weighted by Crippen LogP contribution is -2.33. The van der Waals surface area contributed by atoms with Gasteiger partial charge in [0.15, 0.2) is 0 Å². The summed E-state index contributed by atoms with van der Waals surface area (Å²) >= 11 is 0. The van der Waals surface area contributed by atoms with E-state index in [1.807, 2.05) is 6.08 Å². The molecule has 1 heteroatoms. The van der Waals surface area contributed by atoms with Crippen LogP contribution in [-0.2, 0) is 0 Å². The molecule has 0 radical (unpaired) electrons. The number of unbranched alkanes of at least 4 members (excludes halogenated alkanes) is 1. The molecule has 0 amide bonds. The van der Waals surface area contributed by atoms with Gasteiger partial charge >= 0.3 is 0 Å². The molecule has 1 fully saturated rings. The summed E-state index contributed by atoms with van der Waals surface area (Å²) in [7, 11) is 0. The van der Waals surface area contributed by atoms with Gasteiger partial charge in [-0.2, -0.15) is 0 Å². The molecule has 1 saturated carbocycles. The van der Waals surface area contributed by atoms with Gasteiger partial charge in [0, 0.05) is 6.04 Å². The van der Waals surface area contributed by atoms with Gasteiger partial charge in [-0.25, -0.2) is 0 Å². The van der Waals surface area contributed by atoms with Crippen LogP contribution in [0, 0.1) is 11.8 Å². The zero-order valence-corrected chi connectivity index (χ0v) is 9.76. The molecule has 0 spiro atoms. The molecule has 3 unspecified atom stereocenters. The molecule has 1 N–H and O–H groups in total. The van der Waals surface area contributed by atoms with Crippen molar-refractivity contribution in [1.82, 2.24) is 5.32 Å². The summed E-state index contributed by atoms with van der Waals surface area (Å²) in [5, 5.41) is 3.68. The minimum atomic E-state index is 0.782. The van der Waals surface area contributed by atoms with Crippen molar-refractivity contribution in [1.29, 1.82) is 0 Å². The van der Waals surface area contributed by atoms with Crippen LogP contribution in [0.5, 0.6) is 0 Å². The first-order valence-electron chi connectivity index (χ1n) is 6.13. The van der Waals surface area contributed by atoms with Crippen molar-refractivity contribution in [3.8, 4) is 0 Å². The molecule has 0 aliphatic heterocycles. The second-order valence-corrected chi connectivity index (χ2v) is 4.60. The fourth-order valence-corrected chi connectivity index (χ4v) is 2.65. The quantitative estimate of drug-likeness (QED) is 0.506. The Labute approximate surface area is 89.0 Å². The van der Waals surface area contributed by atoms with E-state index >= 15 is 0 Å². The summed E-state index contributed by atoms with van der Waals surface area (Å²) in [5.74, 6) is 1.84. The van der Waals surface area contributed by atoms with Crippen molar-refractivity contribution >= 4 is 0 Å². The summed E-state index contributed by atoms with van der Waals surface area (Å²) in [6.07, 6.45) is 8.56. The Bertz CT molecular complexity index is 165. The van der Waals surface area contributed by atoms with Gasteiger partial charge in [0.05, 0.1) is 0 Å². The fourth-order valence-electron chi connectivity index (χ4n) is 2.65. The van der Waals surface area contributed by atoms with E-state index in [0.717, 1.165) is 30.8 Å². The van der Waals surface area contributed by atoms with Crippen LogP contribution in [0.1, 0.15) is 46.0 Å². The van der Waals surface area contributed by atoms with E-state index < -0.39 is 0 Å². The van der Waals surface area contributed by atoms with Gasteiger partial charge in [0.2, 0.25) is 0 Å². The minimum Gasteiger partial charge on any atom is -0.314 e. The van der Waals surface area contributed by atoms with Crippen molar-refractivity contribution in [2.75, 3.05) is 6.54 Å². The van der Waals surface area contributed by atoms with E-state index in [4.69, 9.17) is 0 Å². The van der Waals surface area contributed by atoms with Gasteiger partial charge in [-0.05, 0) is 44.1 Å². The Kier molecular flexibility index (Phi) is 5.24. The lowest BCUT2D eigenvalue weighted by molar-refractivity contribution is 0.345. The van der Waals surface area contributed by atoms with Crippen LogP contribution in [0.15, 0.2) is 12.7 Å². The molecule has 1 aliphatic carbocycles. The Hall–Kier alpha value is -0.300. The highest BCUT2D eigenvalue weighted by molar-refractivity contribution is 4.86. The highest BCUT2D eigenvalue weighted by Gasteiger charge is 2.30. The van der Waals surface area contributed by atoms with Crippen LogP contribution in [0.25, 0.3) is 0 Å². The highest BCUT2D eigenvalue weighted by atomic mass is 14.9. The first-order valence-corrected chi connectivity index (χ1v) is 6.13. The molecule has 0 bridgehead atoms. The molecule has 0 aromatic carbocycles. The lowest BCUT2D eigenvalue weighted by Gasteiger charge is -2.20. The minimum absolute atomic E-state index is 0.782. The summed E-state index contributed by atoms with van der Waals surface area (Å²) in [6.45, 7) is 9.64. The van der Waals surface area contributed by atoms with Gasteiger partial charge in [-0.15, -0.1) is 6.58 Å². The summed E-state index contributed by atoms with van der Waals surface area (Å²) in [6, 6.07) is 0.782. The monoisotopic (exact) mass is 195 g/mol. The molecule has 0 aromatic heterocycles. The van der Waals surface area contributed by atoms with Crippen LogP contribution < -0.4 is 5.32 Å². The molecule has 1 nitrogen and oxygen atoms in total. The normalized spacial score (nSPS) is 32.0. The summed E-state index contributed by atoms with van der Waals surface area (Å²) < 4.78 is 0. The maximum Gasteiger partial charge on any atom is 0.00954 e. The van der Waals surface area contributed by atoms with E-state index in [-0.39, 0.29) is 0 Å². The van der Waals surface area contributed by atoms with Crippen molar-refractivity contribution < 1.29 is 0 Å². The van der Waals surface area contributed by atoms with Crippen molar-refractivity contribution in [3.05, 3.63) is 12.7 Å². The molecular weight excluding hydrogens is 170 g/mol. The third-order valence-corrected chi connectivity index (χ3v) is 3.74. The first kappa shape index (κ1) is 11.8. The average molecular weight is 195 g/mol. The number of hydrogen-bond acceptors (Lipinski definition) is 1. The Morgan fingerprint density at radius 1 is 1.43 bits per heavy atom. The molecule has 1 aliphatic rings. The van der Waals surface area contributed by atoms with E-state index in [9.17, 15) is 0 Å². The van der Waals surface area contributed by atoms with Crippen molar-refractivity contribution in [2.45, 2.75) is 52.0 Å². The maximum atomic E-state index is 3.74. The van der Waals surface area contributed by atoms with Crippen molar-refractivity contribution in [3.63, 3.8) is 0 Å². The van der Waals surface area contributed by atoms with Crippen LogP contribution >= 0.6 is 0 Å². The van der Waals surface area contributed by atoms with E-state index in [1.54, 1.807) is 0 Å². The van der Waals surface area contributed by atoms with Gasteiger partial charge in [-0.1, -0.05) is 26.3 Å². The Morgan fingerprint density at radius 2 is 2.21 bits per heavy atom. The van der Waals surface area contributed by atoms with Crippen LogP contribution in [-0.4, -0.2) is 12.6 Å². The number of rotatable bonds is 6. The molecule has 0 saturated heterocycles. The predicted molar refractivity (Wildman–Crippen MR) is 63.4 cm³/mol. The van der Waals surface area contributed by atoms with Gasteiger partial charge < -0.3 is 5.32 Å². The van der Waals surface area contributed by atoms with Crippen molar-refractivity contribution in [2.24, 2.45) is 11.8 Å². The second-order valence-electron chi connectivity index (χ2n) is 4.60. The number of hydrogen-bond donors (Lipinski definition) is 1. The molecule has 0 aromatic rings. The smallest absolute Gasteiger partial charge is 0.00954 e. The van der Waals surface area contributed by atoms with E-state index in [0.29, 0.717) is 0 Å². The molecule has 82 valence electrons. The lowest BCUT2D eigenvalue weighted by atomic mass is 9.93. The van der Waals surface area contributed by atoms with Crippen LogP contribution in [0.4, 0.5) is 0 Å². The number of allylic oxidation sites excluding steroid dienone is 1. The number of nitrogens with one attached hydrogen (secondary N) is 1. The molecule has 0 heterocycles. The largest absolute Gasteiger partial charge is 0.314 e. The van der Waals surface area contributed by atoms with Crippen LogP contribution in [0.3, 0.4) is 0 Å². The second kappa shape index (κ2) is 6.23. The third kappa shape index (κ3) is 3.13. The molecule has 3 atom stereocenters. The third-order valence-electron chi connectivity index (χ3n) is 3.74. The molecule has 14 heavy (non-hydrogen) atoms. The molecular formula is C13H25N. The SMILES string of the molecule is C=CCCCNC1CCC(CC)C1C. The van der Waals surface area contributed by atoms with Gasteiger partial charge in [0.1, 0.15) is 0 Å². The fraction of sp³-hybridized carbons (Fsp3) is 0.846. The topological polar surface area (TPSA) is 12.0 Å². The molecule has 1 rings (SSSR count). The predicted octanol–water partition coefficient (Wildman–Crippen LogP) is 3.37. The summed E-state index contributed by atoms with van der Waals surface area (Å²) in [5.41, 5.74) is 0. The Morgan fingerprint density at radius 3 is 2.79 bits per heavy atom. The van der Waals surface area contributed by atoms with Gasteiger partial charge in [-0.3, -0.25) is 0 Å². The van der Waals surface area contributed by atoms with E-state index in [2.05, 4.69) is 25.7 Å².